The Morgan fingerprint density at radius 1 is 1.22 bits per heavy atom. The van der Waals surface area contributed by atoms with Gasteiger partial charge >= 0.3 is 0 Å². The van der Waals surface area contributed by atoms with E-state index in [0.29, 0.717) is 30.1 Å². The topological polar surface area (TPSA) is 90.4 Å². The van der Waals surface area contributed by atoms with Crippen LogP contribution in [-0.4, -0.2) is 25.7 Å². The number of anilines is 2. The van der Waals surface area contributed by atoms with E-state index < -0.39 is 0 Å². The molecule has 0 atom stereocenters. The van der Waals surface area contributed by atoms with Gasteiger partial charge in [0.15, 0.2) is 0 Å². The highest BCUT2D eigenvalue weighted by Gasteiger charge is 2.06. The summed E-state index contributed by atoms with van der Waals surface area (Å²) in [5, 5.41) is 2.80. The molecule has 0 spiro atoms. The third-order valence-corrected chi connectivity index (χ3v) is 2.34. The predicted octanol–water partition coefficient (Wildman–Crippen LogP) is 1.40. The maximum Gasteiger partial charge on any atom is 0.251 e. The molecule has 0 fully saturated rings. The van der Waals surface area contributed by atoms with Gasteiger partial charge < -0.3 is 21.5 Å². The largest absolute Gasteiger partial charge is 0.399 e. The first-order valence-electron chi connectivity index (χ1n) is 6.15. The molecule has 0 radical (unpaired) electrons. The summed E-state index contributed by atoms with van der Waals surface area (Å²) in [5.41, 5.74) is 12.7. The zero-order valence-corrected chi connectivity index (χ0v) is 10.7. The van der Waals surface area contributed by atoms with Crippen molar-refractivity contribution in [2.24, 2.45) is 0 Å². The van der Waals surface area contributed by atoms with Gasteiger partial charge in [0.25, 0.3) is 5.91 Å². The van der Waals surface area contributed by atoms with E-state index in [4.69, 9.17) is 16.2 Å². The fraction of sp³-hybridized carbons (Fsp3) is 0.462. The molecular weight excluding hydrogens is 230 g/mol. The molecule has 0 saturated carbocycles. The fourth-order valence-electron chi connectivity index (χ4n) is 1.53. The van der Waals surface area contributed by atoms with Crippen molar-refractivity contribution in [2.75, 3.05) is 31.2 Å². The second-order valence-corrected chi connectivity index (χ2v) is 4.11. The Balaban J connectivity index is 2.32. The molecule has 0 heterocycles. The third kappa shape index (κ3) is 5.05. The van der Waals surface area contributed by atoms with Crippen molar-refractivity contribution in [3.05, 3.63) is 23.8 Å². The number of nitrogens with two attached hydrogens (primary N) is 2. The second-order valence-electron chi connectivity index (χ2n) is 4.11. The molecule has 1 aromatic rings. The number of ether oxygens (including phenoxy) is 1. The van der Waals surface area contributed by atoms with Crippen molar-refractivity contribution < 1.29 is 9.53 Å². The SMILES string of the molecule is CCCOCCCNC(=O)c1cc(N)cc(N)c1. The van der Waals surface area contributed by atoms with Gasteiger partial charge in [0.05, 0.1) is 0 Å². The maximum atomic E-state index is 11.8. The van der Waals surface area contributed by atoms with Crippen LogP contribution < -0.4 is 16.8 Å². The van der Waals surface area contributed by atoms with Crippen LogP contribution in [0.5, 0.6) is 0 Å². The molecule has 0 saturated heterocycles. The zero-order valence-electron chi connectivity index (χ0n) is 10.7. The molecule has 18 heavy (non-hydrogen) atoms. The van der Waals surface area contributed by atoms with Gasteiger partial charge in [-0.15, -0.1) is 0 Å². The van der Waals surface area contributed by atoms with Gasteiger partial charge in [-0.05, 0) is 31.0 Å². The van der Waals surface area contributed by atoms with Gasteiger partial charge in [0.2, 0.25) is 0 Å². The standard InChI is InChI=1S/C13H21N3O2/c1-2-5-18-6-3-4-16-13(17)10-7-11(14)9-12(15)8-10/h7-9H,2-6,14-15H2,1H3,(H,16,17). The van der Waals surface area contributed by atoms with Crippen LogP contribution in [0.3, 0.4) is 0 Å². The highest BCUT2D eigenvalue weighted by atomic mass is 16.5. The summed E-state index contributed by atoms with van der Waals surface area (Å²) < 4.78 is 5.32. The van der Waals surface area contributed by atoms with Gasteiger partial charge in [0.1, 0.15) is 0 Å². The number of nitrogen functional groups attached to an aromatic ring is 2. The highest BCUT2D eigenvalue weighted by Crippen LogP contribution is 2.13. The number of carbonyl (C=O) groups is 1. The smallest absolute Gasteiger partial charge is 0.251 e. The lowest BCUT2D eigenvalue weighted by Gasteiger charge is -2.07. The van der Waals surface area contributed by atoms with E-state index in [1.54, 1.807) is 18.2 Å². The average molecular weight is 251 g/mol. The quantitative estimate of drug-likeness (QED) is 0.504. The molecule has 5 N–H and O–H groups in total. The first-order valence-corrected chi connectivity index (χ1v) is 6.15. The minimum atomic E-state index is -0.163. The van der Waals surface area contributed by atoms with Gasteiger partial charge in [0, 0.05) is 36.7 Å². The minimum Gasteiger partial charge on any atom is -0.399 e. The zero-order chi connectivity index (χ0) is 13.4. The Morgan fingerprint density at radius 2 is 1.89 bits per heavy atom. The molecule has 0 aliphatic carbocycles. The summed E-state index contributed by atoms with van der Waals surface area (Å²) in [7, 11) is 0. The molecule has 5 nitrogen and oxygen atoms in total. The Kier molecular flexibility index (Phi) is 6.00. The average Bonchev–Trinajstić information content (AvgIpc) is 2.32. The molecule has 1 rings (SSSR count). The lowest BCUT2D eigenvalue weighted by atomic mass is 10.1. The number of amides is 1. The number of hydrogen-bond acceptors (Lipinski definition) is 4. The lowest BCUT2D eigenvalue weighted by Crippen LogP contribution is -2.25. The van der Waals surface area contributed by atoms with Crippen LogP contribution in [0.2, 0.25) is 0 Å². The van der Waals surface area contributed by atoms with E-state index in [2.05, 4.69) is 12.2 Å². The normalized spacial score (nSPS) is 10.3. The summed E-state index contributed by atoms with van der Waals surface area (Å²) >= 11 is 0. The van der Waals surface area contributed by atoms with Crippen LogP contribution in [0.1, 0.15) is 30.1 Å². The molecule has 0 aliphatic rings. The van der Waals surface area contributed by atoms with E-state index in [0.717, 1.165) is 19.4 Å². The van der Waals surface area contributed by atoms with E-state index in [1.165, 1.54) is 0 Å². The molecule has 5 heteroatoms. The molecule has 100 valence electrons. The molecule has 1 aromatic carbocycles. The Hall–Kier alpha value is -1.75. The van der Waals surface area contributed by atoms with Crippen molar-refractivity contribution in [1.82, 2.24) is 5.32 Å². The molecule has 0 aromatic heterocycles. The van der Waals surface area contributed by atoms with Crippen LogP contribution in [0.25, 0.3) is 0 Å². The lowest BCUT2D eigenvalue weighted by molar-refractivity contribution is 0.0941. The molecular formula is C13H21N3O2. The maximum absolute atomic E-state index is 11.8. The van der Waals surface area contributed by atoms with Crippen molar-refractivity contribution >= 4 is 17.3 Å². The summed E-state index contributed by atoms with van der Waals surface area (Å²) in [6, 6.07) is 4.84. The molecule has 0 unspecified atom stereocenters. The first kappa shape index (κ1) is 14.3. The van der Waals surface area contributed by atoms with Crippen LogP contribution in [0, 0.1) is 0 Å². The number of carbonyl (C=O) groups excluding carboxylic acids is 1. The van der Waals surface area contributed by atoms with E-state index >= 15 is 0 Å². The number of nitrogens with one attached hydrogen (secondary N) is 1. The summed E-state index contributed by atoms with van der Waals surface area (Å²) in [4.78, 5) is 11.8. The van der Waals surface area contributed by atoms with Gasteiger partial charge in [-0.25, -0.2) is 0 Å². The van der Waals surface area contributed by atoms with Gasteiger partial charge in [-0.3, -0.25) is 4.79 Å². The highest BCUT2D eigenvalue weighted by molar-refractivity contribution is 5.96. The summed E-state index contributed by atoms with van der Waals surface area (Å²) in [6.45, 7) is 4.07. The Bertz CT molecular complexity index is 374. The fourth-order valence-corrected chi connectivity index (χ4v) is 1.53. The predicted molar refractivity (Wildman–Crippen MR) is 73.3 cm³/mol. The first-order chi connectivity index (χ1) is 8.63. The van der Waals surface area contributed by atoms with Crippen LogP contribution >= 0.6 is 0 Å². The van der Waals surface area contributed by atoms with Crippen molar-refractivity contribution in [1.29, 1.82) is 0 Å². The monoisotopic (exact) mass is 251 g/mol. The summed E-state index contributed by atoms with van der Waals surface area (Å²) in [6.07, 6.45) is 1.80. The van der Waals surface area contributed by atoms with Crippen molar-refractivity contribution in [3.8, 4) is 0 Å². The van der Waals surface area contributed by atoms with Crippen LogP contribution in [-0.2, 0) is 4.74 Å². The number of benzene rings is 1. The minimum absolute atomic E-state index is 0.163. The molecule has 1 amide bonds. The third-order valence-electron chi connectivity index (χ3n) is 2.34. The number of rotatable bonds is 7. The van der Waals surface area contributed by atoms with Gasteiger partial charge in [-0.1, -0.05) is 6.92 Å². The van der Waals surface area contributed by atoms with Crippen LogP contribution in [0.4, 0.5) is 11.4 Å². The van der Waals surface area contributed by atoms with E-state index in [1.807, 2.05) is 0 Å². The van der Waals surface area contributed by atoms with E-state index in [9.17, 15) is 4.79 Å². The Morgan fingerprint density at radius 3 is 2.50 bits per heavy atom. The van der Waals surface area contributed by atoms with E-state index in [-0.39, 0.29) is 5.91 Å². The number of hydrogen-bond donors (Lipinski definition) is 3. The van der Waals surface area contributed by atoms with Gasteiger partial charge in [-0.2, -0.15) is 0 Å². The second kappa shape index (κ2) is 7.55. The molecule has 0 aliphatic heterocycles. The Labute approximate surface area is 107 Å². The van der Waals surface area contributed by atoms with Crippen LogP contribution in [0.15, 0.2) is 18.2 Å². The summed E-state index contributed by atoms with van der Waals surface area (Å²) in [5.74, 6) is -0.163. The van der Waals surface area contributed by atoms with Crippen molar-refractivity contribution in [3.63, 3.8) is 0 Å². The van der Waals surface area contributed by atoms with Crippen molar-refractivity contribution in [2.45, 2.75) is 19.8 Å². The molecule has 0 bridgehead atoms.